The lowest BCUT2D eigenvalue weighted by Gasteiger charge is -2.19. The summed E-state index contributed by atoms with van der Waals surface area (Å²) in [6.07, 6.45) is 1.80. The highest BCUT2D eigenvalue weighted by molar-refractivity contribution is 5.74. The van der Waals surface area contributed by atoms with Gasteiger partial charge in [-0.1, -0.05) is 24.3 Å². The van der Waals surface area contributed by atoms with E-state index in [0.29, 0.717) is 18.4 Å². The SMILES string of the molecule is CC(C)(C)OC(=O)CCc1ccc(C=O)cc1.CO. The van der Waals surface area contributed by atoms with E-state index in [-0.39, 0.29) is 5.97 Å². The fourth-order valence-electron chi connectivity index (χ4n) is 1.40. The third kappa shape index (κ3) is 8.11. The summed E-state index contributed by atoms with van der Waals surface area (Å²) in [6.45, 7) is 5.55. The van der Waals surface area contributed by atoms with Crippen molar-refractivity contribution in [2.24, 2.45) is 0 Å². The number of aliphatic hydroxyl groups excluding tert-OH is 1. The molecule has 0 radical (unpaired) electrons. The Morgan fingerprint density at radius 1 is 1.21 bits per heavy atom. The lowest BCUT2D eigenvalue weighted by molar-refractivity contribution is -0.154. The van der Waals surface area contributed by atoms with Gasteiger partial charge in [-0.25, -0.2) is 0 Å². The number of esters is 1. The summed E-state index contributed by atoms with van der Waals surface area (Å²) < 4.78 is 5.21. The van der Waals surface area contributed by atoms with Crippen molar-refractivity contribution in [1.29, 1.82) is 0 Å². The van der Waals surface area contributed by atoms with E-state index < -0.39 is 5.60 Å². The molecule has 1 aromatic rings. The van der Waals surface area contributed by atoms with Gasteiger partial charge in [0.05, 0.1) is 0 Å². The number of carbonyl (C=O) groups is 2. The van der Waals surface area contributed by atoms with E-state index in [2.05, 4.69) is 0 Å². The van der Waals surface area contributed by atoms with Crippen LogP contribution in [0, 0.1) is 0 Å². The molecular formula is C15H22O4. The van der Waals surface area contributed by atoms with Crippen molar-refractivity contribution >= 4 is 12.3 Å². The Kier molecular flexibility index (Phi) is 7.68. The van der Waals surface area contributed by atoms with E-state index >= 15 is 0 Å². The van der Waals surface area contributed by atoms with Crippen LogP contribution in [0.4, 0.5) is 0 Å². The lowest BCUT2D eigenvalue weighted by Crippen LogP contribution is -2.23. The van der Waals surface area contributed by atoms with Crippen molar-refractivity contribution in [3.63, 3.8) is 0 Å². The number of rotatable bonds is 4. The van der Waals surface area contributed by atoms with Gasteiger partial charge >= 0.3 is 5.97 Å². The van der Waals surface area contributed by atoms with Gasteiger partial charge in [0, 0.05) is 19.1 Å². The van der Waals surface area contributed by atoms with Gasteiger partial charge < -0.3 is 9.84 Å². The molecule has 1 aromatic carbocycles. The standard InChI is InChI=1S/C14H18O3.CH4O/c1-14(2,3)17-13(16)9-8-11-4-6-12(10-15)7-5-11;1-2/h4-7,10H,8-9H2,1-3H3;2H,1H3. The van der Waals surface area contributed by atoms with Crippen molar-refractivity contribution in [3.8, 4) is 0 Å². The minimum Gasteiger partial charge on any atom is -0.460 e. The van der Waals surface area contributed by atoms with Gasteiger partial charge in [-0.15, -0.1) is 0 Å². The van der Waals surface area contributed by atoms with E-state index in [1.165, 1.54) is 0 Å². The Labute approximate surface area is 114 Å². The van der Waals surface area contributed by atoms with Gasteiger partial charge in [-0.05, 0) is 32.8 Å². The van der Waals surface area contributed by atoms with E-state index in [1.807, 2.05) is 32.9 Å². The van der Waals surface area contributed by atoms with Gasteiger partial charge in [-0.3, -0.25) is 9.59 Å². The molecule has 0 aliphatic rings. The summed E-state index contributed by atoms with van der Waals surface area (Å²) in [5, 5.41) is 7.00. The molecular weight excluding hydrogens is 244 g/mol. The molecule has 0 saturated carbocycles. The zero-order valence-corrected chi connectivity index (χ0v) is 12.0. The number of aldehydes is 1. The Morgan fingerprint density at radius 3 is 2.16 bits per heavy atom. The first-order valence-electron chi connectivity index (χ1n) is 6.11. The molecule has 0 aliphatic heterocycles. The fourth-order valence-corrected chi connectivity index (χ4v) is 1.40. The van der Waals surface area contributed by atoms with Gasteiger partial charge in [0.25, 0.3) is 0 Å². The van der Waals surface area contributed by atoms with Crippen LogP contribution in [0.3, 0.4) is 0 Å². The van der Waals surface area contributed by atoms with Gasteiger partial charge in [-0.2, -0.15) is 0 Å². The molecule has 0 amide bonds. The van der Waals surface area contributed by atoms with E-state index in [4.69, 9.17) is 9.84 Å². The second kappa shape index (κ2) is 8.43. The predicted molar refractivity (Wildman–Crippen MR) is 74.1 cm³/mol. The number of aliphatic hydroxyl groups is 1. The highest BCUT2D eigenvalue weighted by Crippen LogP contribution is 2.11. The lowest BCUT2D eigenvalue weighted by atomic mass is 10.1. The molecule has 0 fully saturated rings. The highest BCUT2D eigenvalue weighted by Gasteiger charge is 2.15. The number of ether oxygens (including phenoxy) is 1. The van der Waals surface area contributed by atoms with E-state index in [9.17, 15) is 9.59 Å². The van der Waals surface area contributed by atoms with Crippen LogP contribution >= 0.6 is 0 Å². The van der Waals surface area contributed by atoms with Crippen LogP contribution in [0.25, 0.3) is 0 Å². The Morgan fingerprint density at radius 2 is 1.74 bits per heavy atom. The van der Waals surface area contributed by atoms with Crippen LogP contribution in [0.2, 0.25) is 0 Å². The average molecular weight is 266 g/mol. The third-order valence-electron chi connectivity index (χ3n) is 2.15. The molecule has 0 unspecified atom stereocenters. The second-order valence-corrected chi connectivity index (χ2v) is 4.95. The number of aryl methyl sites for hydroxylation is 1. The van der Waals surface area contributed by atoms with Gasteiger partial charge in [0.15, 0.2) is 0 Å². The van der Waals surface area contributed by atoms with Crippen LogP contribution in [0.15, 0.2) is 24.3 Å². The smallest absolute Gasteiger partial charge is 0.306 e. The second-order valence-electron chi connectivity index (χ2n) is 4.95. The minimum atomic E-state index is -0.432. The molecule has 0 atom stereocenters. The summed E-state index contributed by atoms with van der Waals surface area (Å²) in [5.41, 5.74) is 1.24. The molecule has 1 N–H and O–H groups in total. The van der Waals surface area contributed by atoms with Crippen molar-refractivity contribution < 1.29 is 19.4 Å². The molecule has 4 heteroatoms. The first-order valence-corrected chi connectivity index (χ1v) is 6.11. The normalized spacial score (nSPS) is 10.2. The quantitative estimate of drug-likeness (QED) is 0.671. The average Bonchev–Trinajstić information content (AvgIpc) is 2.37. The molecule has 0 aliphatic carbocycles. The molecule has 0 saturated heterocycles. The minimum absolute atomic E-state index is 0.197. The van der Waals surface area contributed by atoms with Crippen LogP contribution < -0.4 is 0 Å². The Hall–Kier alpha value is -1.68. The van der Waals surface area contributed by atoms with Crippen molar-refractivity contribution in [1.82, 2.24) is 0 Å². The predicted octanol–water partition coefficient (Wildman–Crippen LogP) is 2.38. The molecule has 0 spiro atoms. The Bertz CT molecular complexity index is 388. The summed E-state index contributed by atoms with van der Waals surface area (Å²) in [6, 6.07) is 7.21. The zero-order chi connectivity index (χ0) is 14.9. The molecule has 0 bridgehead atoms. The maximum atomic E-state index is 11.5. The molecule has 0 heterocycles. The van der Waals surface area contributed by atoms with Crippen LogP contribution in [0.5, 0.6) is 0 Å². The number of carbonyl (C=O) groups excluding carboxylic acids is 2. The topological polar surface area (TPSA) is 63.6 Å². The zero-order valence-electron chi connectivity index (χ0n) is 12.0. The molecule has 106 valence electrons. The molecule has 1 rings (SSSR count). The summed E-state index contributed by atoms with van der Waals surface area (Å²) in [5.74, 6) is -0.197. The van der Waals surface area contributed by atoms with Crippen LogP contribution in [0.1, 0.15) is 43.1 Å². The fraction of sp³-hybridized carbons (Fsp3) is 0.467. The number of hydrogen-bond acceptors (Lipinski definition) is 4. The van der Waals surface area contributed by atoms with Crippen LogP contribution in [-0.4, -0.2) is 30.1 Å². The monoisotopic (exact) mass is 266 g/mol. The number of benzene rings is 1. The summed E-state index contributed by atoms with van der Waals surface area (Å²) in [7, 11) is 1.00. The first kappa shape index (κ1) is 17.3. The molecule has 19 heavy (non-hydrogen) atoms. The van der Waals surface area contributed by atoms with Gasteiger partial charge in [0.2, 0.25) is 0 Å². The summed E-state index contributed by atoms with van der Waals surface area (Å²) >= 11 is 0. The number of hydrogen-bond donors (Lipinski definition) is 1. The van der Waals surface area contributed by atoms with E-state index in [0.717, 1.165) is 19.0 Å². The van der Waals surface area contributed by atoms with Crippen molar-refractivity contribution in [2.45, 2.75) is 39.2 Å². The maximum Gasteiger partial charge on any atom is 0.306 e. The largest absolute Gasteiger partial charge is 0.460 e. The maximum absolute atomic E-state index is 11.5. The van der Waals surface area contributed by atoms with E-state index in [1.54, 1.807) is 12.1 Å². The third-order valence-corrected chi connectivity index (χ3v) is 2.15. The Balaban J connectivity index is 0.00000154. The highest BCUT2D eigenvalue weighted by atomic mass is 16.6. The van der Waals surface area contributed by atoms with Crippen LogP contribution in [-0.2, 0) is 16.0 Å². The van der Waals surface area contributed by atoms with Crippen molar-refractivity contribution in [2.75, 3.05) is 7.11 Å². The molecule has 0 aromatic heterocycles. The first-order chi connectivity index (χ1) is 8.90. The molecule has 4 nitrogen and oxygen atoms in total. The van der Waals surface area contributed by atoms with Crippen molar-refractivity contribution in [3.05, 3.63) is 35.4 Å². The summed E-state index contributed by atoms with van der Waals surface area (Å²) in [4.78, 5) is 21.9. The van der Waals surface area contributed by atoms with Gasteiger partial charge in [0.1, 0.15) is 11.9 Å².